The summed E-state index contributed by atoms with van der Waals surface area (Å²) < 4.78 is 39.9. The van der Waals surface area contributed by atoms with Crippen LogP contribution in [0.3, 0.4) is 0 Å². The molecule has 0 aliphatic heterocycles. The maximum atomic E-state index is 12.0. The fourth-order valence-electron chi connectivity index (χ4n) is 1.74. The number of nitrogens with zero attached hydrogens (tertiary/aromatic N) is 1. The molecule has 0 spiro atoms. The molecule has 0 aliphatic rings. The lowest BCUT2D eigenvalue weighted by atomic mass is 10.0. The second-order valence-electron chi connectivity index (χ2n) is 5.30. The number of allylic oxidation sites excluding steroid dienone is 1. The smallest absolute Gasteiger partial charge is 0.406 e. The van der Waals surface area contributed by atoms with E-state index in [4.69, 9.17) is 5.73 Å². The Labute approximate surface area is 132 Å². The zero-order chi connectivity index (χ0) is 17.5. The second-order valence-corrected chi connectivity index (χ2v) is 5.30. The molecule has 0 saturated heterocycles. The average Bonchev–Trinajstić information content (AvgIpc) is 2.43. The Hall–Kier alpha value is -2.31. The number of ketones is 1. The molecule has 1 aromatic carbocycles. The number of carbonyl (C=O) groups excluding carboxylic acids is 1. The highest BCUT2D eigenvalue weighted by Crippen LogP contribution is 2.22. The molecule has 0 aliphatic carbocycles. The lowest BCUT2D eigenvalue weighted by Crippen LogP contribution is -2.17. The Balaban J connectivity index is 2.61. The molecule has 0 aromatic heterocycles. The largest absolute Gasteiger partial charge is 0.573 e. The van der Waals surface area contributed by atoms with Crippen molar-refractivity contribution in [3.8, 4) is 5.75 Å². The molecular weight excluding hydrogens is 309 g/mol. The van der Waals surface area contributed by atoms with Gasteiger partial charge in [-0.25, -0.2) is 0 Å². The van der Waals surface area contributed by atoms with Gasteiger partial charge in [-0.1, -0.05) is 26.0 Å². The number of alkyl halides is 3. The van der Waals surface area contributed by atoms with E-state index in [-0.39, 0.29) is 24.0 Å². The highest BCUT2D eigenvalue weighted by atomic mass is 19.4. The normalized spacial score (nSPS) is 12.9. The Morgan fingerprint density at radius 1 is 1.30 bits per heavy atom. The lowest BCUT2D eigenvalue weighted by Gasteiger charge is -2.08. The van der Waals surface area contributed by atoms with Crippen molar-refractivity contribution in [2.24, 2.45) is 16.6 Å². The molecule has 2 N–H and O–H groups in total. The minimum atomic E-state index is -4.71. The van der Waals surface area contributed by atoms with Gasteiger partial charge in [0.2, 0.25) is 0 Å². The van der Waals surface area contributed by atoms with Gasteiger partial charge in [-0.15, -0.1) is 13.2 Å². The summed E-state index contributed by atoms with van der Waals surface area (Å²) in [6, 6.07) is 5.37. The van der Waals surface area contributed by atoms with Crippen molar-refractivity contribution in [2.75, 3.05) is 0 Å². The van der Waals surface area contributed by atoms with Crippen molar-refractivity contribution >= 4 is 12.0 Å². The number of nitrogens with two attached hydrogens (primary N) is 1. The molecule has 126 valence electrons. The SMILES string of the molecule is CC(C)CC(=O)C(C=NCc1ccc(OC(F)(F)F)cc1)=CN. The van der Waals surface area contributed by atoms with Crippen LogP contribution in [0.2, 0.25) is 0 Å². The third kappa shape index (κ3) is 7.49. The Kier molecular flexibility index (Phi) is 6.81. The summed E-state index contributed by atoms with van der Waals surface area (Å²) in [5.74, 6) is -0.174. The van der Waals surface area contributed by atoms with E-state index in [1.807, 2.05) is 13.8 Å². The van der Waals surface area contributed by atoms with E-state index < -0.39 is 6.36 Å². The van der Waals surface area contributed by atoms with Crippen LogP contribution in [0.1, 0.15) is 25.8 Å². The molecule has 1 aromatic rings. The van der Waals surface area contributed by atoms with Crippen LogP contribution in [0.5, 0.6) is 5.75 Å². The van der Waals surface area contributed by atoms with Crippen molar-refractivity contribution < 1.29 is 22.7 Å². The quantitative estimate of drug-likeness (QED) is 0.614. The van der Waals surface area contributed by atoms with Gasteiger partial charge in [-0.3, -0.25) is 9.79 Å². The first-order valence-electron chi connectivity index (χ1n) is 7.01. The zero-order valence-corrected chi connectivity index (χ0v) is 12.9. The monoisotopic (exact) mass is 328 g/mol. The van der Waals surface area contributed by atoms with Crippen molar-refractivity contribution in [3.05, 3.63) is 41.6 Å². The number of rotatable bonds is 7. The zero-order valence-electron chi connectivity index (χ0n) is 12.9. The van der Waals surface area contributed by atoms with Gasteiger partial charge in [0, 0.05) is 18.8 Å². The summed E-state index contributed by atoms with van der Waals surface area (Å²) in [5.41, 5.74) is 6.41. The summed E-state index contributed by atoms with van der Waals surface area (Å²) in [6.07, 6.45) is -1.75. The minimum absolute atomic E-state index is 0.0971. The summed E-state index contributed by atoms with van der Waals surface area (Å²) >= 11 is 0. The number of ether oxygens (including phenoxy) is 1. The summed E-state index contributed by atoms with van der Waals surface area (Å²) in [5, 5.41) is 0. The van der Waals surface area contributed by atoms with Crippen LogP contribution in [-0.2, 0) is 11.3 Å². The molecular formula is C16H19F3N2O2. The molecule has 0 heterocycles. The highest BCUT2D eigenvalue weighted by molar-refractivity contribution is 6.13. The van der Waals surface area contributed by atoms with Crippen LogP contribution in [-0.4, -0.2) is 18.4 Å². The maximum absolute atomic E-state index is 12.0. The molecule has 23 heavy (non-hydrogen) atoms. The second kappa shape index (κ2) is 8.36. The van der Waals surface area contributed by atoms with Gasteiger partial charge >= 0.3 is 6.36 Å². The van der Waals surface area contributed by atoms with E-state index in [9.17, 15) is 18.0 Å². The number of halogens is 3. The van der Waals surface area contributed by atoms with E-state index in [1.165, 1.54) is 36.7 Å². The number of aliphatic imine (C=N–C) groups is 1. The lowest BCUT2D eigenvalue weighted by molar-refractivity contribution is -0.274. The van der Waals surface area contributed by atoms with Crippen molar-refractivity contribution in [3.63, 3.8) is 0 Å². The minimum Gasteiger partial charge on any atom is -0.406 e. The number of hydrogen-bond acceptors (Lipinski definition) is 4. The summed E-state index contributed by atoms with van der Waals surface area (Å²) in [6.45, 7) is 4.07. The van der Waals surface area contributed by atoms with E-state index >= 15 is 0 Å². The van der Waals surface area contributed by atoms with E-state index in [2.05, 4.69) is 9.73 Å². The molecule has 1 rings (SSSR count). The van der Waals surface area contributed by atoms with Gasteiger partial charge in [0.1, 0.15) is 5.75 Å². The Morgan fingerprint density at radius 2 is 1.91 bits per heavy atom. The number of hydrogen-bond donors (Lipinski definition) is 1. The summed E-state index contributed by atoms with van der Waals surface area (Å²) in [4.78, 5) is 15.9. The van der Waals surface area contributed by atoms with Gasteiger partial charge in [0.25, 0.3) is 0 Å². The Bertz CT molecular complexity index is 576. The molecule has 0 bridgehead atoms. The van der Waals surface area contributed by atoms with Crippen molar-refractivity contribution in [1.82, 2.24) is 0 Å². The first kappa shape index (κ1) is 18.7. The molecule has 0 saturated carbocycles. The van der Waals surface area contributed by atoms with Gasteiger partial charge in [0.15, 0.2) is 5.78 Å². The number of carbonyl (C=O) groups is 1. The topological polar surface area (TPSA) is 64.7 Å². The van der Waals surface area contributed by atoms with Gasteiger partial charge in [-0.2, -0.15) is 0 Å². The van der Waals surface area contributed by atoms with E-state index in [0.717, 1.165) is 0 Å². The van der Waals surface area contributed by atoms with Gasteiger partial charge < -0.3 is 10.5 Å². The molecule has 0 amide bonds. The van der Waals surface area contributed by atoms with Crippen LogP contribution in [0.4, 0.5) is 13.2 Å². The fraction of sp³-hybridized carbons (Fsp3) is 0.375. The number of benzene rings is 1. The molecule has 0 radical (unpaired) electrons. The van der Waals surface area contributed by atoms with Crippen LogP contribution >= 0.6 is 0 Å². The first-order valence-corrected chi connectivity index (χ1v) is 7.01. The molecule has 0 fully saturated rings. The van der Waals surface area contributed by atoms with E-state index in [0.29, 0.717) is 17.6 Å². The van der Waals surface area contributed by atoms with Crippen LogP contribution < -0.4 is 10.5 Å². The van der Waals surface area contributed by atoms with Gasteiger partial charge in [-0.05, 0) is 23.6 Å². The fourth-order valence-corrected chi connectivity index (χ4v) is 1.74. The van der Waals surface area contributed by atoms with Crippen molar-refractivity contribution in [2.45, 2.75) is 33.2 Å². The Morgan fingerprint density at radius 3 is 2.39 bits per heavy atom. The molecule has 0 unspecified atom stereocenters. The summed E-state index contributed by atoms with van der Waals surface area (Å²) in [7, 11) is 0. The molecule has 0 atom stereocenters. The number of Topliss-reactive ketones (excluding diaryl/α,β-unsaturated/α-hetero) is 1. The van der Waals surface area contributed by atoms with Crippen molar-refractivity contribution in [1.29, 1.82) is 0 Å². The predicted molar refractivity (Wildman–Crippen MR) is 82.1 cm³/mol. The third-order valence-electron chi connectivity index (χ3n) is 2.76. The average molecular weight is 328 g/mol. The van der Waals surface area contributed by atoms with E-state index in [1.54, 1.807) is 0 Å². The van der Waals surface area contributed by atoms with Crippen LogP contribution in [0.15, 0.2) is 41.0 Å². The van der Waals surface area contributed by atoms with Crippen LogP contribution in [0, 0.1) is 5.92 Å². The molecule has 4 nitrogen and oxygen atoms in total. The molecule has 7 heteroatoms. The highest BCUT2D eigenvalue weighted by Gasteiger charge is 2.30. The standard InChI is InChI=1S/C16H19F3N2O2/c1-11(2)7-15(22)13(8-20)10-21-9-12-3-5-14(6-4-12)23-16(17,18)19/h3-6,8,10-11H,7,9,20H2,1-2H3. The third-order valence-corrected chi connectivity index (χ3v) is 2.76. The van der Waals surface area contributed by atoms with Crippen LogP contribution in [0.25, 0.3) is 0 Å². The maximum Gasteiger partial charge on any atom is 0.573 e. The van der Waals surface area contributed by atoms with Gasteiger partial charge in [0.05, 0.1) is 12.1 Å². The first-order chi connectivity index (χ1) is 10.7. The predicted octanol–water partition coefficient (Wildman–Crippen LogP) is 3.61.